The first kappa shape index (κ1) is 38.3. The van der Waals surface area contributed by atoms with E-state index in [-0.39, 0.29) is 45.3 Å². The lowest BCUT2D eigenvalue weighted by Gasteiger charge is -2.44. The fraction of sp³-hybridized carbons (Fsp3) is 0.395. The third kappa shape index (κ3) is 5.08. The first-order chi connectivity index (χ1) is 28.4. The molecule has 3 aliphatic carbocycles. The number of methoxy groups -OCH3 is 6. The van der Waals surface area contributed by atoms with Crippen molar-refractivity contribution >= 4 is 46.6 Å². The van der Waals surface area contributed by atoms with Gasteiger partial charge in [0.25, 0.3) is 0 Å². The SMILES string of the molecule is COC(=O)C1=C(C(=O)OC)C2(COC(=O)C3=C(C(=O)OCC45C=CC(O4)C(C(=O)OC)=C5C(=O)OC)C4C5CC(c6c5c(OC)c5ccccc5c6OC)C34)C=CC1O2. The van der Waals surface area contributed by atoms with Gasteiger partial charge in [-0.1, -0.05) is 36.4 Å². The summed E-state index contributed by atoms with van der Waals surface area (Å²) >= 11 is 0. The Kier molecular flexibility index (Phi) is 8.86. The van der Waals surface area contributed by atoms with Crippen molar-refractivity contribution in [3.8, 4) is 11.5 Å². The predicted molar refractivity (Wildman–Crippen MR) is 199 cm³/mol. The minimum Gasteiger partial charge on any atom is -0.496 e. The van der Waals surface area contributed by atoms with Gasteiger partial charge in [-0.05, 0) is 30.4 Å². The van der Waals surface area contributed by atoms with Gasteiger partial charge in [-0.2, -0.15) is 0 Å². The van der Waals surface area contributed by atoms with E-state index in [1.807, 2.05) is 24.3 Å². The van der Waals surface area contributed by atoms with Crippen LogP contribution in [0.5, 0.6) is 11.5 Å². The van der Waals surface area contributed by atoms with E-state index in [0.29, 0.717) is 17.9 Å². The molecule has 8 unspecified atom stereocenters. The molecule has 2 aromatic carbocycles. The summed E-state index contributed by atoms with van der Waals surface area (Å²) in [6.07, 6.45) is 4.80. The number of carbonyl (C=O) groups is 6. The molecule has 0 amide bonds. The number of fused-ring (bicyclic) bond motifs is 13. The summed E-state index contributed by atoms with van der Waals surface area (Å²) in [6.45, 7) is -1.10. The van der Waals surface area contributed by atoms with E-state index >= 15 is 0 Å². The molecule has 59 heavy (non-hydrogen) atoms. The van der Waals surface area contributed by atoms with E-state index < -0.39 is 84.3 Å². The van der Waals surface area contributed by atoms with Gasteiger partial charge in [0.15, 0.2) is 11.2 Å². The van der Waals surface area contributed by atoms with E-state index in [0.717, 1.165) is 50.3 Å². The molecule has 6 bridgehead atoms. The Labute approximate surface area is 336 Å². The summed E-state index contributed by atoms with van der Waals surface area (Å²) < 4.78 is 55.9. The van der Waals surface area contributed by atoms with Gasteiger partial charge in [0, 0.05) is 33.7 Å². The molecule has 306 valence electrons. The Morgan fingerprint density at radius 2 is 0.949 bits per heavy atom. The molecule has 1 fully saturated rings. The molecule has 9 rings (SSSR count). The lowest BCUT2D eigenvalue weighted by atomic mass is 9.59. The highest BCUT2D eigenvalue weighted by atomic mass is 16.6. The molecule has 0 saturated heterocycles. The Balaban J connectivity index is 1.10. The van der Waals surface area contributed by atoms with Gasteiger partial charge in [0.05, 0.1) is 76.1 Å². The van der Waals surface area contributed by atoms with E-state index in [2.05, 4.69) is 0 Å². The van der Waals surface area contributed by atoms with Crippen LogP contribution in [-0.2, 0) is 66.7 Å². The average Bonchev–Trinajstić information content (AvgIpc) is 4.11. The summed E-state index contributed by atoms with van der Waals surface area (Å²) in [6, 6.07) is 7.66. The largest absolute Gasteiger partial charge is 0.496 e. The topological polar surface area (TPSA) is 195 Å². The van der Waals surface area contributed by atoms with Crippen LogP contribution in [0, 0.1) is 11.8 Å². The van der Waals surface area contributed by atoms with Gasteiger partial charge < -0.3 is 47.4 Å². The van der Waals surface area contributed by atoms with Gasteiger partial charge in [-0.3, -0.25) is 0 Å². The van der Waals surface area contributed by atoms with Crippen LogP contribution in [-0.4, -0.2) is 115 Å². The van der Waals surface area contributed by atoms with Crippen LogP contribution in [0.15, 0.2) is 82.0 Å². The number of hydrogen-bond acceptors (Lipinski definition) is 16. The van der Waals surface area contributed by atoms with Crippen molar-refractivity contribution in [1.82, 2.24) is 0 Å². The van der Waals surface area contributed by atoms with Gasteiger partial charge in [0.1, 0.15) is 36.9 Å². The molecule has 0 spiro atoms. The Morgan fingerprint density at radius 3 is 1.31 bits per heavy atom. The molecule has 2 aromatic rings. The van der Waals surface area contributed by atoms with Crippen molar-refractivity contribution in [2.45, 2.75) is 41.7 Å². The number of hydrogen-bond donors (Lipinski definition) is 0. The fourth-order valence-corrected chi connectivity index (χ4v) is 10.4. The number of ether oxygens (including phenoxy) is 10. The van der Waals surface area contributed by atoms with Crippen molar-refractivity contribution in [3.05, 3.63) is 93.1 Å². The maximum atomic E-state index is 14.5. The third-order valence-electron chi connectivity index (χ3n) is 12.6. The first-order valence-corrected chi connectivity index (χ1v) is 18.8. The zero-order chi connectivity index (χ0) is 41.7. The number of rotatable bonds is 12. The average molecular weight is 811 g/mol. The van der Waals surface area contributed by atoms with E-state index in [1.165, 1.54) is 12.2 Å². The van der Waals surface area contributed by atoms with Gasteiger partial charge in [-0.15, -0.1) is 0 Å². The molecular formula is C43H38O16. The second kappa shape index (κ2) is 13.7. The van der Waals surface area contributed by atoms with Crippen LogP contribution in [0.3, 0.4) is 0 Å². The first-order valence-electron chi connectivity index (χ1n) is 18.8. The zero-order valence-corrected chi connectivity index (χ0v) is 32.7. The quantitative estimate of drug-likeness (QED) is 0.172. The standard InChI is InChI=1S/C43H38O16/c1-50-34-18-9-7-8-10-19(18)35(51-2)27-21-15-20(26(27)34)24-25(21)31(39(47)57-17-43-14-12-23(59-43)29(37(45)53-4)33(43)41(49)55-6)30(24)38(46)56-16-42-13-11-22(58-42)28(36(44)52-3)32(42)40(48)54-5/h7-14,20-25H,15-17H2,1-6H3. The Hall–Kier alpha value is -6.26. The zero-order valence-electron chi connectivity index (χ0n) is 32.7. The second-order valence-electron chi connectivity index (χ2n) is 15.0. The van der Waals surface area contributed by atoms with Crippen molar-refractivity contribution < 1.29 is 76.1 Å². The molecule has 0 radical (unpaired) electrons. The summed E-state index contributed by atoms with van der Waals surface area (Å²) in [4.78, 5) is 80.7. The highest BCUT2D eigenvalue weighted by Gasteiger charge is 2.66. The van der Waals surface area contributed by atoms with Crippen LogP contribution in [0.1, 0.15) is 29.4 Å². The van der Waals surface area contributed by atoms with Gasteiger partial charge >= 0.3 is 35.8 Å². The Bertz CT molecular complexity index is 2300. The second-order valence-corrected chi connectivity index (χ2v) is 15.0. The van der Waals surface area contributed by atoms with E-state index in [1.54, 1.807) is 26.4 Å². The van der Waals surface area contributed by atoms with Crippen LogP contribution in [0.2, 0.25) is 0 Å². The fourth-order valence-electron chi connectivity index (χ4n) is 10.4. The molecule has 8 atom stereocenters. The van der Waals surface area contributed by atoms with Crippen LogP contribution in [0.4, 0.5) is 0 Å². The minimum atomic E-state index is -1.67. The number of carbonyl (C=O) groups excluding carboxylic acids is 6. The molecule has 16 nitrogen and oxygen atoms in total. The maximum Gasteiger partial charge on any atom is 0.337 e. The maximum absolute atomic E-state index is 14.5. The summed E-state index contributed by atoms with van der Waals surface area (Å²) in [7, 11) is 7.79. The molecule has 4 heterocycles. The number of esters is 6. The van der Waals surface area contributed by atoms with Gasteiger partial charge in [0.2, 0.25) is 0 Å². The highest BCUT2D eigenvalue weighted by Crippen LogP contribution is 2.72. The van der Waals surface area contributed by atoms with Crippen LogP contribution in [0.25, 0.3) is 10.8 Å². The lowest BCUT2D eigenvalue weighted by Crippen LogP contribution is -2.45. The van der Waals surface area contributed by atoms with Crippen molar-refractivity contribution in [1.29, 1.82) is 0 Å². The molecular weight excluding hydrogens is 772 g/mol. The smallest absolute Gasteiger partial charge is 0.337 e. The summed E-state index contributed by atoms with van der Waals surface area (Å²) in [5.74, 6) is -5.46. The minimum absolute atomic E-state index is 0.0562. The number of benzene rings is 2. The Morgan fingerprint density at radius 1 is 0.559 bits per heavy atom. The van der Waals surface area contributed by atoms with E-state index in [4.69, 9.17) is 47.4 Å². The van der Waals surface area contributed by atoms with Crippen LogP contribution >= 0.6 is 0 Å². The predicted octanol–water partition coefficient (Wildman–Crippen LogP) is 2.77. The lowest BCUT2D eigenvalue weighted by molar-refractivity contribution is -0.152. The van der Waals surface area contributed by atoms with Crippen molar-refractivity contribution in [2.75, 3.05) is 55.9 Å². The highest BCUT2D eigenvalue weighted by molar-refractivity contribution is 6.08. The molecule has 16 heteroatoms. The summed E-state index contributed by atoms with van der Waals surface area (Å²) in [5.41, 5.74) is -1.96. The van der Waals surface area contributed by atoms with Crippen molar-refractivity contribution in [3.63, 3.8) is 0 Å². The summed E-state index contributed by atoms with van der Waals surface area (Å²) in [5, 5.41) is 1.65. The van der Waals surface area contributed by atoms with Gasteiger partial charge in [-0.25, -0.2) is 28.8 Å². The molecule has 1 saturated carbocycles. The van der Waals surface area contributed by atoms with Crippen molar-refractivity contribution in [2.24, 2.45) is 11.8 Å². The molecule has 7 aliphatic rings. The monoisotopic (exact) mass is 810 g/mol. The molecule has 4 aliphatic heterocycles. The van der Waals surface area contributed by atoms with Crippen LogP contribution < -0.4 is 9.47 Å². The molecule has 0 N–H and O–H groups in total. The van der Waals surface area contributed by atoms with E-state index in [9.17, 15) is 28.8 Å². The molecule has 0 aromatic heterocycles. The normalized spacial score (nSPS) is 29.7. The third-order valence-corrected chi connectivity index (χ3v) is 12.6.